The van der Waals surface area contributed by atoms with E-state index in [4.69, 9.17) is 17.0 Å². The molecule has 7 heteroatoms. The monoisotopic (exact) mass is 311 g/mol. The van der Waals surface area contributed by atoms with Gasteiger partial charge in [-0.1, -0.05) is 0 Å². The molecule has 108 valence electrons. The lowest BCUT2D eigenvalue weighted by atomic mass is 10.2. The molecule has 1 N–H and O–H groups in total. The van der Waals surface area contributed by atoms with Gasteiger partial charge in [0.1, 0.15) is 4.83 Å². The Morgan fingerprint density at radius 1 is 1.50 bits per heavy atom. The Hall–Kier alpha value is -1.02. The van der Waals surface area contributed by atoms with E-state index >= 15 is 0 Å². The molecule has 1 aliphatic rings. The maximum absolute atomic E-state index is 12.5. The summed E-state index contributed by atoms with van der Waals surface area (Å²) in [7, 11) is 0. The molecule has 2 aromatic rings. The first-order valence-electron chi connectivity index (χ1n) is 6.69. The molecule has 1 unspecified atom stereocenters. The molecule has 0 aliphatic carbocycles. The van der Waals surface area contributed by atoms with Crippen LogP contribution in [0.3, 0.4) is 0 Å². The van der Waals surface area contributed by atoms with E-state index in [9.17, 15) is 4.79 Å². The summed E-state index contributed by atoms with van der Waals surface area (Å²) in [5.41, 5.74) is 0.00533. The minimum atomic E-state index is 0.00533. The van der Waals surface area contributed by atoms with Crippen LogP contribution >= 0.6 is 23.6 Å². The fraction of sp³-hybridized carbons (Fsp3) is 0.538. The Labute approximate surface area is 125 Å². The van der Waals surface area contributed by atoms with E-state index in [0.29, 0.717) is 4.77 Å². The molecule has 0 spiro atoms. The quantitative estimate of drug-likeness (QED) is 0.881. The number of rotatable bonds is 3. The molecule has 1 aliphatic heterocycles. The zero-order chi connectivity index (χ0) is 14.1. The van der Waals surface area contributed by atoms with Crippen molar-refractivity contribution in [3.8, 4) is 0 Å². The number of hydrogen-bond donors (Lipinski definition) is 1. The number of aromatic amines is 1. The van der Waals surface area contributed by atoms with Crippen molar-refractivity contribution < 1.29 is 4.74 Å². The number of nitrogens with one attached hydrogen (secondary N) is 1. The number of hydrogen-bond acceptors (Lipinski definition) is 5. The van der Waals surface area contributed by atoms with Crippen molar-refractivity contribution in [2.24, 2.45) is 0 Å². The van der Waals surface area contributed by atoms with Gasteiger partial charge in [-0.2, -0.15) is 0 Å². The van der Waals surface area contributed by atoms with Crippen molar-refractivity contribution in [1.82, 2.24) is 14.5 Å². The average Bonchev–Trinajstić information content (AvgIpc) is 2.88. The van der Waals surface area contributed by atoms with Crippen molar-refractivity contribution in [1.29, 1.82) is 0 Å². The lowest BCUT2D eigenvalue weighted by Crippen LogP contribution is -2.41. The van der Waals surface area contributed by atoms with Gasteiger partial charge >= 0.3 is 0 Å². The topological polar surface area (TPSA) is 50.3 Å². The van der Waals surface area contributed by atoms with E-state index in [-0.39, 0.29) is 11.6 Å². The summed E-state index contributed by atoms with van der Waals surface area (Å²) in [6, 6.07) is 1.90. The molecule has 0 saturated carbocycles. The predicted octanol–water partition coefficient (Wildman–Crippen LogP) is 2.01. The number of H-pyrrole nitrogens is 1. The van der Waals surface area contributed by atoms with Crippen LogP contribution in [0, 0.1) is 4.77 Å². The molecule has 1 saturated heterocycles. The van der Waals surface area contributed by atoms with Gasteiger partial charge in [-0.15, -0.1) is 11.3 Å². The second kappa shape index (κ2) is 5.77. The first-order chi connectivity index (χ1) is 9.66. The third kappa shape index (κ3) is 2.58. The lowest BCUT2D eigenvalue weighted by Gasteiger charge is -2.29. The van der Waals surface area contributed by atoms with Crippen LogP contribution in [0.2, 0.25) is 0 Å². The molecule has 0 aromatic carbocycles. The Morgan fingerprint density at radius 2 is 2.25 bits per heavy atom. The van der Waals surface area contributed by atoms with E-state index in [0.717, 1.165) is 43.1 Å². The van der Waals surface area contributed by atoms with Crippen molar-refractivity contribution in [2.45, 2.75) is 13.0 Å². The number of thiophene rings is 1. The molecule has 0 amide bonds. The van der Waals surface area contributed by atoms with Gasteiger partial charge in [0.05, 0.1) is 18.6 Å². The normalized spacial score (nSPS) is 18.4. The molecule has 0 bridgehead atoms. The minimum Gasteiger partial charge on any atom is -0.379 e. The van der Waals surface area contributed by atoms with Gasteiger partial charge in [0, 0.05) is 25.7 Å². The number of morpholine rings is 1. The van der Waals surface area contributed by atoms with E-state index in [1.165, 1.54) is 11.3 Å². The van der Waals surface area contributed by atoms with E-state index in [1.54, 1.807) is 4.57 Å². The average molecular weight is 311 g/mol. The molecule has 20 heavy (non-hydrogen) atoms. The zero-order valence-corrected chi connectivity index (χ0v) is 12.9. The van der Waals surface area contributed by atoms with Crippen molar-refractivity contribution in [3.05, 3.63) is 26.6 Å². The predicted molar refractivity (Wildman–Crippen MR) is 83.2 cm³/mol. The fourth-order valence-electron chi connectivity index (χ4n) is 2.59. The summed E-state index contributed by atoms with van der Waals surface area (Å²) in [5.74, 6) is 0. The maximum Gasteiger partial charge on any atom is 0.263 e. The van der Waals surface area contributed by atoms with E-state index < -0.39 is 0 Å². The molecule has 5 nitrogen and oxygen atoms in total. The van der Waals surface area contributed by atoms with Gasteiger partial charge in [-0.25, -0.2) is 0 Å². The molecule has 1 fully saturated rings. The van der Waals surface area contributed by atoms with Gasteiger partial charge in [0.25, 0.3) is 5.56 Å². The van der Waals surface area contributed by atoms with Gasteiger partial charge in [-0.05, 0) is 30.6 Å². The number of aromatic nitrogens is 2. The highest BCUT2D eigenvalue weighted by atomic mass is 32.1. The maximum atomic E-state index is 12.5. The van der Waals surface area contributed by atoms with E-state index in [1.807, 2.05) is 18.4 Å². The largest absolute Gasteiger partial charge is 0.379 e. The summed E-state index contributed by atoms with van der Waals surface area (Å²) in [6.07, 6.45) is 0. The lowest BCUT2D eigenvalue weighted by molar-refractivity contribution is 0.0323. The smallest absolute Gasteiger partial charge is 0.263 e. The number of fused-ring (bicyclic) bond motifs is 1. The van der Waals surface area contributed by atoms with E-state index in [2.05, 4.69) is 9.88 Å². The molecule has 0 radical (unpaired) electrons. The summed E-state index contributed by atoms with van der Waals surface area (Å²) < 4.78 is 7.55. The third-order valence-corrected chi connectivity index (χ3v) is 4.75. The molecular weight excluding hydrogens is 294 g/mol. The van der Waals surface area contributed by atoms with Crippen LogP contribution in [0.5, 0.6) is 0 Å². The number of ether oxygens (including phenoxy) is 1. The first-order valence-corrected chi connectivity index (χ1v) is 7.98. The van der Waals surface area contributed by atoms with Gasteiger partial charge in [0.2, 0.25) is 0 Å². The first kappa shape index (κ1) is 13.9. The minimum absolute atomic E-state index is 0.00533. The molecular formula is C13H17N3O2S2. The van der Waals surface area contributed by atoms with Crippen LogP contribution in [0.25, 0.3) is 10.2 Å². The Bertz CT molecular complexity index is 712. The highest BCUT2D eigenvalue weighted by molar-refractivity contribution is 7.71. The van der Waals surface area contributed by atoms with Gasteiger partial charge < -0.3 is 9.72 Å². The van der Waals surface area contributed by atoms with Crippen LogP contribution in [0.1, 0.15) is 13.0 Å². The summed E-state index contributed by atoms with van der Waals surface area (Å²) in [6.45, 7) is 6.21. The van der Waals surface area contributed by atoms with Crippen molar-refractivity contribution in [3.63, 3.8) is 0 Å². The van der Waals surface area contributed by atoms with Crippen LogP contribution in [0.4, 0.5) is 0 Å². The third-order valence-electron chi connectivity index (χ3n) is 3.62. The second-order valence-corrected chi connectivity index (χ2v) is 6.33. The molecule has 3 heterocycles. The molecule has 1 atom stereocenters. The Balaban J connectivity index is 1.92. The molecule has 3 rings (SSSR count). The van der Waals surface area contributed by atoms with Crippen molar-refractivity contribution in [2.75, 3.05) is 32.8 Å². The van der Waals surface area contributed by atoms with Crippen LogP contribution < -0.4 is 5.56 Å². The summed E-state index contributed by atoms with van der Waals surface area (Å²) in [5, 5.41) is 2.63. The van der Waals surface area contributed by atoms with Crippen LogP contribution in [-0.2, 0) is 4.74 Å². The molecule has 2 aromatic heterocycles. The highest BCUT2D eigenvalue weighted by Gasteiger charge is 2.17. The Morgan fingerprint density at radius 3 is 3.00 bits per heavy atom. The van der Waals surface area contributed by atoms with Gasteiger partial charge in [-0.3, -0.25) is 14.3 Å². The highest BCUT2D eigenvalue weighted by Crippen LogP contribution is 2.16. The SMILES string of the molecule is CC(CN1CCOCC1)n1c(=S)[nH]c2sccc2c1=O. The van der Waals surface area contributed by atoms with Crippen molar-refractivity contribution >= 4 is 33.8 Å². The van der Waals surface area contributed by atoms with Gasteiger partial charge in [0.15, 0.2) is 4.77 Å². The second-order valence-electron chi connectivity index (χ2n) is 5.03. The standard InChI is InChI=1S/C13H17N3O2S2/c1-9(8-15-3-5-18-6-4-15)16-12(17)10-2-7-20-11(10)14-13(16)19/h2,7,9H,3-6,8H2,1H3,(H,14,19). The Kier molecular flexibility index (Phi) is 4.02. The number of nitrogens with zero attached hydrogens (tertiary/aromatic N) is 2. The fourth-order valence-corrected chi connectivity index (χ4v) is 3.80. The summed E-state index contributed by atoms with van der Waals surface area (Å²) in [4.78, 5) is 18.9. The van der Waals surface area contributed by atoms with Crippen LogP contribution in [0.15, 0.2) is 16.2 Å². The zero-order valence-electron chi connectivity index (χ0n) is 11.3. The summed E-state index contributed by atoms with van der Waals surface area (Å²) >= 11 is 6.86. The van der Waals surface area contributed by atoms with Crippen LogP contribution in [-0.4, -0.2) is 47.3 Å².